The number of sulfone groups is 1. The van der Waals surface area contributed by atoms with Crippen molar-refractivity contribution in [3.05, 3.63) is 0 Å². The molecule has 0 aliphatic heterocycles. The van der Waals surface area contributed by atoms with Crippen molar-refractivity contribution in [1.82, 2.24) is 5.43 Å². The van der Waals surface area contributed by atoms with Crippen LogP contribution >= 0.6 is 0 Å². The van der Waals surface area contributed by atoms with Crippen LogP contribution in [0.3, 0.4) is 0 Å². The maximum Gasteiger partial charge on any atom is 0.151 e. The van der Waals surface area contributed by atoms with E-state index in [1.165, 1.54) is 12.7 Å². The second kappa shape index (κ2) is 5.67. The monoisotopic (exact) mass is 262 g/mol. The van der Waals surface area contributed by atoms with Gasteiger partial charge in [0, 0.05) is 12.3 Å². The zero-order valence-corrected chi connectivity index (χ0v) is 12.1. The first-order chi connectivity index (χ1) is 7.77. The van der Waals surface area contributed by atoms with Crippen LogP contribution in [0.5, 0.6) is 0 Å². The van der Waals surface area contributed by atoms with Crippen LogP contribution in [0.1, 0.15) is 40.0 Å². The Morgan fingerprint density at radius 3 is 2.24 bits per heavy atom. The van der Waals surface area contributed by atoms with Gasteiger partial charge in [-0.1, -0.05) is 20.3 Å². The summed E-state index contributed by atoms with van der Waals surface area (Å²) >= 11 is 0. The topological polar surface area (TPSA) is 72.2 Å². The number of hydrogen-bond donors (Lipinski definition) is 2. The molecule has 0 spiro atoms. The summed E-state index contributed by atoms with van der Waals surface area (Å²) < 4.78 is 23.2. The maximum atomic E-state index is 11.6. The van der Waals surface area contributed by atoms with Gasteiger partial charge in [-0.25, -0.2) is 8.42 Å². The highest BCUT2D eigenvalue weighted by Gasteiger charge is 2.35. The largest absolute Gasteiger partial charge is 0.271 e. The molecule has 0 aromatic rings. The first-order valence-electron chi connectivity index (χ1n) is 6.42. The van der Waals surface area contributed by atoms with Crippen molar-refractivity contribution in [2.75, 3.05) is 6.26 Å². The fraction of sp³-hybridized carbons (Fsp3) is 1.00. The fourth-order valence-corrected chi connectivity index (χ4v) is 3.67. The van der Waals surface area contributed by atoms with E-state index in [4.69, 9.17) is 5.84 Å². The van der Waals surface area contributed by atoms with E-state index in [9.17, 15) is 8.42 Å². The van der Waals surface area contributed by atoms with Crippen molar-refractivity contribution in [1.29, 1.82) is 0 Å². The van der Waals surface area contributed by atoms with Crippen molar-refractivity contribution >= 4 is 9.84 Å². The predicted molar refractivity (Wildman–Crippen MR) is 71.1 cm³/mol. The van der Waals surface area contributed by atoms with E-state index in [1.807, 2.05) is 0 Å². The summed E-state index contributed by atoms with van der Waals surface area (Å²) in [4.78, 5) is 0. The summed E-state index contributed by atoms with van der Waals surface area (Å²) in [5.41, 5.74) is 2.73. The Kier molecular flexibility index (Phi) is 4.98. The second-order valence-corrected chi connectivity index (χ2v) is 8.16. The van der Waals surface area contributed by atoms with Crippen LogP contribution in [0, 0.1) is 17.8 Å². The lowest BCUT2D eigenvalue weighted by Gasteiger charge is -2.38. The average Bonchev–Trinajstić information content (AvgIpc) is 2.23. The van der Waals surface area contributed by atoms with Gasteiger partial charge in [-0.15, -0.1) is 0 Å². The van der Waals surface area contributed by atoms with Gasteiger partial charge < -0.3 is 0 Å². The van der Waals surface area contributed by atoms with Crippen LogP contribution in [-0.2, 0) is 9.84 Å². The van der Waals surface area contributed by atoms with Crippen LogP contribution in [0.4, 0.5) is 0 Å². The fourth-order valence-electron chi connectivity index (χ4n) is 2.84. The van der Waals surface area contributed by atoms with Gasteiger partial charge in [-0.05, 0) is 37.5 Å². The number of rotatable bonds is 4. The van der Waals surface area contributed by atoms with E-state index in [2.05, 4.69) is 19.3 Å². The quantitative estimate of drug-likeness (QED) is 0.592. The Bertz CT molecular complexity index is 342. The third-order valence-electron chi connectivity index (χ3n) is 4.52. The molecule has 1 aliphatic rings. The van der Waals surface area contributed by atoms with Gasteiger partial charge in [0.05, 0.1) is 5.25 Å². The molecule has 1 aliphatic carbocycles. The van der Waals surface area contributed by atoms with Crippen molar-refractivity contribution < 1.29 is 8.42 Å². The molecular formula is C12H26N2O2S. The molecule has 1 saturated carbocycles. The number of nitrogens with two attached hydrogens (primary N) is 1. The van der Waals surface area contributed by atoms with Gasteiger partial charge in [-0.3, -0.25) is 11.3 Å². The zero-order chi connectivity index (χ0) is 13.2. The predicted octanol–water partition coefficient (Wildman–Crippen LogP) is 1.32. The van der Waals surface area contributed by atoms with E-state index in [-0.39, 0.29) is 6.04 Å². The minimum Gasteiger partial charge on any atom is -0.271 e. The van der Waals surface area contributed by atoms with Crippen molar-refractivity contribution in [3.8, 4) is 0 Å². The number of hydrazine groups is 1. The summed E-state index contributed by atoms with van der Waals surface area (Å²) in [6, 6.07) is -0.125. The van der Waals surface area contributed by atoms with Crippen LogP contribution in [-0.4, -0.2) is 26.0 Å². The van der Waals surface area contributed by atoms with Crippen LogP contribution in [0.25, 0.3) is 0 Å². The third kappa shape index (κ3) is 3.66. The molecule has 0 amide bonds. The minimum absolute atomic E-state index is 0.125. The second-order valence-electron chi connectivity index (χ2n) is 5.75. The van der Waals surface area contributed by atoms with E-state index in [1.54, 1.807) is 6.92 Å². The summed E-state index contributed by atoms with van der Waals surface area (Å²) in [6.45, 7) is 6.27. The molecule has 0 saturated heterocycles. The van der Waals surface area contributed by atoms with E-state index in [0.717, 1.165) is 18.8 Å². The zero-order valence-electron chi connectivity index (χ0n) is 11.3. The normalized spacial score (nSPS) is 34.3. The molecule has 1 fully saturated rings. The molecule has 5 heteroatoms. The number of hydrogen-bond acceptors (Lipinski definition) is 4. The summed E-state index contributed by atoms with van der Waals surface area (Å²) in [7, 11) is -3.04. The Morgan fingerprint density at radius 2 is 1.82 bits per heavy atom. The lowest BCUT2D eigenvalue weighted by molar-refractivity contribution is 0.169. The van der Waals surface area contributed by atoms with Gasteiger partial charge in [0.15, 0.2) is 9.84 Å². The molecule has 0 aromatic carbocycles. The molecule has 4 nitrogen and oxygen atoms in total. The van der Waals surface area contributed by atoms with Crippen molar-refractivity contribution in [3.63, 3.8) is 0 Å². The van der Waals surface area contributed by atoms with Gasteiger partial charge in [0.25, 0.3) is 0 Å². The lowest BCUT2D eigenvalue weighted by Crippen LogP contribution is -2.51. The molecule has 102 valence electrons. The molecule has 3 N–H and O–H groups in total. The Hall–Kier alpha value is -0.130. The Balaban J connectivity index is 2.75. The molecule has 1 rings (SSSR count). The highest BCUT2D eigenvalue weighted by molar-refractivity contribution is 7.91. The summed E-state index contributed by atoms with van der Waals surface area (Å²) in [5.74, 6) is 7.32. The minimum atomic E-state index is -3.04. The number of nitrogens with one attached hydrogen (secondary N) is 1. The lowest BCUT2D eigenvalue weighted by atomic mass is 9.73. The SMILES string of the molecule is CC1CCC(C(NN)C(C)S(C)(=O)=O)CC1C. The first-order valence-corrected chi connectivity index (χ1v) is 8.37. The molecule has 0 heterocycles. The molecule has 5 atom stereocenters. The molecule has 0 aromatic heterocycles. The van der Waals surface area contributed by atoms with E-state index < -0.39 is 15.1 Å². The summed E-state index contributed by atoms with van der Waals surface area (Å²) in [5, 5.41) is -0.418. The highest BCUT2D eigenvalue weighted by Crippen LogP contribution is 2.36. The summed E-state index contributed by atoms with van der Waals surface area (Å²) in [6.07, 6.45) is 4.59. The van der Waals surface area contributed by atoms with E-state index >= 15 is 0 Å². The Morgan fingerprint density at radius 1 is 1.24 bits per heavy atom. The molecule has 0 bridgehead atoms. The molecular weight excluding hydrogens is 236 g/mol. The third-order valence-corrected chi connectivity index (χ3v) is 6.16. The molecule has 0 radical (unpaired) electrons. The highest BCUT2D eigenvalue weighted by atomic mass is 32.2. The van der Waals surface area contributed by atoms with Crippen molar-refractivity contribution in [2.45, 2.75) is 51.3 Å². The maximum absolute atomic E-state index is 11.6. The molecule has 17 heavy (non-hydrogen) atoms. The standard InChI is InChI=1S/C12H26N2O2S/c1-8-5-6-11(7-9(8)2)12(14-13)10(3)17(4,15)16/h8-12,14H,5-7,13H2,1-4H3. The van der Waals surface area contributed by atoms with Gasteiger partial charge in [0.1, 0.15) is 0 Å². The molecule has 5 unspecified atom stereocenters. The van der Waals surface area contributed by atoms with E-state index in [0.29, 0.717) is 11.8 Å². The smallest absolute Gasteiger partial charge is 0.151 e. The first kappa shape index (κ1) is 14.9. The Labute approximate surface area is 105 Å². The van der Waals surface area contributed by atoms with Gasteiger partial charge in [0.2, 0.25) is 0 Å². The van der Waals surface area contributed by atoms with Crippen LogP contribution in [0.15, 0.2) is 0 Å². The van der Waals surface area contributed by atoms with Crippen LogP contribution < -0.4 is 11.3 Å². The van der Waals surface area contributed by atoms with Gasteiger partial charge >= 0.3 is 0 Å². The van der Waals surface area contributed by atoms with Crippen LogP contribution in [0.2, 0.25) is 0 Å². The van der Waals surface area contributed by atoms with Gasteiger partial charge in [-0.2, -0.15) is 0 Å². The average molecular weight is 262 g/mol. The van der Waals surface area contributed by atoms with Crippen molar-refractivity contribution in [2.24, 2.45) is 23.6 Å².